The zero-order chi connectivity index (χ0) is 28.9. The zero-order valence-electron chi connectivity index (χ0n) is 21.3. The van der Waals surface area contributed by atoms with E-state index in [0.29, 0.717) is 5.82 Å². The van der Waals surface area contributed by atoms with E-state index in [1.807, 2.05) is 0 Å². The van der Waals surface area contributed by atoms with E-state index in [-0.39, 0.29) is 46.9 Å². The van der Waals surface area contributed by atoms with Gasteiger partial charge in [0.05, 0.1) is 46.7 Å². The maximum Gasteiger partial charge on any atom is 0.262 e. The number of alkyl halides is 1. The lowest BCUT2D eigenvalue weighted by atomic mass is 10.0. The van der Waals surface area contributed by atoms with Crippen LogP contribution in [0.3, 0.4) is 0 Å². The van der Waals surface area contributed by atoms with Gasteiger partial charge < -0.3 is 34.9 Å². The molecule has 3 aromatic heterocycles. The highest BCUT2D eigenvalue weighted by molar-refractivity contribution is 6.33. The van der Waals surface area contributed by atoms with Gasteiger partial charge in [-0.2, -0.15) is 0 Å². The van der Waals surface area contributed by atoms with Crippen molar-refractivity contribution in [3.8, 4) is 0 Å². The SMILES string of the molecule is CO[C@H]1CN(c2cc(NC(=O)Cn3cc(C4C=C(C(N)=O)C(O)=C4F)c4c(=O)n(C)cnc43)c(Cl)cn2)C[C@H]1F. The van der Waals surface area contributed by atoms with Crippen LogP contribution in [0.4, 0.5) is 20.3 Å². The normalized spacial score (nSPS) is 20.9. The van der Waals surface area contributed by atoms with Gasteiger partial charge in [-0.25, -0.2) is 18.7 Å². The van der Waals surface area contributed by atoms with Crippen molar-refractivity contribution in [2.45, 2.75) is 24.7 Å². The molecular formula is C25H24ClF2N7O5. The maximum absolute atomic E-state index is 15.0. The molecule has 3 atom stereocenters. The van der Waals surface area contributed by atoms with E-state index >= 15 is 0 Å². The number of primary amides is 1. The van der Waals surface area contributed by atoms with E-state index in [1.54, 1.807) is 4.90 Å². The second-order valence-corrected chi connectivity index (χ2v) is 9.86. The molecule has 15 heteroatoms. The first kappa shape index (κ1) is 27.3. The summed E-state index contributed by atoms with van der Waals surface area (Å²) < 4.78 is 36.8. The third-order valence-electron chi connectivity index (χ3n) is 6.91. The first-order valence-electron chi connectivity index (χ1n) is 12.0. The number of hydrogen-bond acceptors (Lipinski definition) is 8. The molecule has 1 aliphatic carbocycles. The predicted octanol–water partition coefficient (Wildman–Crippen LogP) is 1.84. The number of aryl methyl sites for hydroxylation is 1. The third-order valence-corrected chi connectivity index (χ3v) is 7.21. The fourth-order valence-electron chi connectivity index (χ4n) is 4.85. The van der Waals surface area contributed by atoms with E-state index in [9.17, 15) is 28.3 Å². The van der Waals surface area contributed by atoms with E-state index in [2.05, 4.69) is 15.3 Å². The van der Waals surface area contributed by atoms with Crippen LogP contribution < -0.4 is 21.5 Å². The molecule has 12 nitrogen and oxygen atoms in total. The summed E-state index contributed by atoms with van der Waals surface area (Å²) in [5, 5.41) is 12.9. The van der Waals surface area contributed by atoms with Crippen molar-refractivity contribution >= 4 is 46.0 Å². The number of anilines is 2. The summed E-state index contributed by atoms with van der Waals surface area (Å²) >= 11 is 6.25. The number of aliphatic hydroxyl groups is 1. The van der Waals surface area contributed by atoms with Crippen molar-refractivity contribution in [1.29, 1.82) is 0 Å². The molecule has 0 spiro atoms. The third kappa shape index (κ3) is 4.69. The standard InChI is InChI=1S/C25H24ClF2N7O5/c1-33-10-31-24-20(25(33)39)13(11-3-12(23(29)38)22(37)21(11)28)6-35(24)9-19(36)32-16-4-18(30-5-14(16)26)34-7-15(27)17(8-34)40-2/h3-6,10-11,15,17,37H,7-9H2,1-2H3,(H2,29,38)(H,30,32,36)/t11?,15-,17+/m1/s1. The molecule has 40 heavy (non-hydrogen) atoms. The summed E-state index contributed by atoms with van der Waals surface area (Å²) in [4.78, 5) is 47.9. The van der Waals surface area contributed by atoms with Crippen molar-refractivity contribution in [3.63, 3.8) is 0 Å². The zero-order valence-corrected chi connectivity index (χ0v) is 22.0. The number of ether oxygens (including phenoxy) is 1. The molecule has 3 aromatic rings. The topological polar surface area (TPSA) is 158 Å². The average Bonchev–Trinajstić information content (AvgIpc) is 3.56. The molecule has 0 saturated carbocycles. The van der Waals surface area contributed by atoms with Gasteiger partial charge >= 0.3 is 0 Å². The molecule has 5 rings (SSSR count). The molecule has 1 unspecified atom stereocenters. The number of carbonyl (C=O) groups excluding carboxylic acids is 2. The van der Waals surface area contributed by atoms with Crippen molar-refractivity contribution in [3.05, 3.63) is 69.0 Å². The van der Waals surface area contributed by atoms with E-state index in [4.69, 9.17) is 22.1 Å². The van der Waals surface area contributed by atoms with Crippen molar-refractivity contribution in [2.24, 2.45) is 12.8 Å². The molecule has 1 fully saturated rings. The van der Waals surface area contributed by atoms with Gasteiger partial charge in [-0.1, -0.05) is 17.7 Å². The Kier molecular flexibility index (Phi) is 7.06. The minimum Gasteiger partial charge on any atom is -0.504 e. The summed E-state index contributed by atoms with van der Waals surface area (Å²) in [5.41, 5.74) is 4.68. The van der Waals surface area contributed by atoms with Crippen LogP contribution in [0, 0.1) is 0 Å². The number of nitrogens with zero attached hydrogens (tertiary/aromatic N) is 5. The molecule has 0 bridgehead atoms. The Bertz CT molecular complexity index is 1670. The first-order valence-corrected chi connectivity index (χ1v) is 12.4. The summed E-state index contributed by atoms with van der Waals surface area (Å²) in [5.74, 6) is -4.48. The molecule has 4 heterocycles. The van der Waals surface area contributed by atoms with E-state index < -0.39 is 52.7 Å². The number of allylic oxidation sites excluding steroid dienone is 2. The molecule has 4 N–H and O–H groups in total. The Morgan fingerprint density at radius 2 is 2.08 bits per heavy atom. The number of methoxy groups -OCH3 is 1. The number of aromatic nitrogens is 4. The van der Waals surface area contributed by atoms with Gasteiger partial charge in [-0.15, -0.1) is 0 Å². The molecule has 1 saturated heterocycles. The Morgan fingerprint density at radius 1 is 1.32 bits per heavy atom. The number of hydrogen-bond donors (Lipinski definition) is 3. The van der Waals surface area contributed by atoms with Crippen LogP contribution in [0.5, 0.6) is 0 Å². The van der Waals surface area contributed by atoms with Crippen LogP contribution in [0.2, 0.25) is 5.02 Å². The highest BCUT2D eigenvalue weighted by Gasteiger charge is 2.35. The van der Waals surface area contributed by atoms with Gasteiger partial charge in [0, 0.05) is 33.0 Å². The fourth-order valence-corrected chi connectivity index (χ4v) is 5.01. The van der Waals surface area contributed by atoms with Crippen LogP contribution in [-0.4, -0.2) is 68.5 Å². The molecule has 0 radical (unpaired) electrons. The van der Waals surface area contributed by atoms with Crippen molar-refractivity contribution < 1.29 is 28.2 Å². The Labute approximate surface area is 230 Å². The minimum absolute atomic E-state index is 0.000502. The van der Waals surface area contributed by atoms with Crippen LogP contribution in [0.15, 0.2) is 52.8 Å². The van der Waals surface area contributed by atoms with Crippen LogP contribution >= 0.6 is 11.6 Å². The number of rotatable bonds is 7. The van der Waals surface area contributed by atoms with Crippen LogP contribution in [-0.2, 0) is 27.9 Å². The lowest BCUT2D eigenvalue weighted by Gasteiger charge is -2.18. The van der Waals surface area contributed by atoms with Crippen LogP contribution in [0.25, 0.3) is 11.0 Å². The van der Waals surface area contributed by atoms with Gasteiger partial charge in [0.2, 0.25) is 5.91 Å². The summed E-state index contributed by atoms with van der Waals surface area (Å²) in [6, 6.07) is 1.51. The quantitative estimate of drug-likeness (QED) is 0.385. The predicted molar refractivity (Wildman–Crippen MR) is 142 cm³/mol. The molecule has 1 aliphatic heterocycles. The molecular weight excluding hydrogens is 552 g/mol. The van der Waals surface area contributed by atoms with Crippen LogP contribution in [0.1, 0.15) is 11.5 Å². The average molecular weight is 576 g/mol. The summed E-state index contributed by atoms with van der Waals surface area (Å²) in [6.45, 7) is -0.0257. The number of carbonyl (C=O) groups is 2. The van der Waals surface area contributed by atoms with Gasteiger partial charge in [0.1, 0.15) is 30.3 Å². The fraction of sp³-hybridized carbons (Fsp3) is 0.320. The lowest BCUT2D eigenvalue weighted by Crippen LogP contribution is -2.24. The first-order chi connectivity index (χ1) is 19.0. The number of nitrogens with one attached hydrogen (secondary N) is 1. The van der Waals surface area contributed by atoms with E-state index in [1.165, 1.54) is 48.1 Å². The summed E-state index contributed by atoms with van der Waals surface area (Å²) in [7, 11) is 2.88. The Hall–Kier alpha value is -4.30. The molecule has 2 aliphatic rings. The van der Waals surface area contributed by atoms with Crippen molar-refractivity contribution in [2.75, 3.05) is 30.4 Å². The number of nitrogens with two attached hydrogens (primary N) is 1. The van der Waals surface area contributed by atoms with Gasteiger partial charge in [0.15, 0.2) is 11.6 Å². The molecule has 210 valence electrons. The summed E-state index contributed by atoms with van der Waals surface area (Å²) in [6.07, 6.45) is 3.24. The molecule has 0 aromatic carbocycles. The van der Waals surface area contributed by atoms with E-state index in [0.717, 1.165) is 6.08 Å². The lowest BCUT2D eigenvalue weighted by molar-refractivity contribution is -0.117. The Morgan fingerprint density at radius 3 is 2.73 bits per heavy atom. The highest BCUT2D eigenvalue weighted by atomic mass is 35.5. The number of pyridine rings is 1. The van der Waals surface area contributed by atoms with Gasteiger partial charge in [-0.05, 0) is 5.56 Å². The number of halogens is 3. The number of amides is 2. The van der Waals surface area contributed by atoms with Crippen molar-refractivity contribution in [1.82, 2.24) is 19.1 Å². The minimum atomic E-state index is -1.29. The number of fused-ring (bicyclic) bond motifs is 1. The Balaban J connectivity index is 1.45. The molecule has 2 amide bonds. The highest BCUT2D eigenvalue weighted by Crippen LogP contribution is 2.40. The largest absolute Gasteiger partial charge is 0.504 e. The monoisotopic (exact) mass is 575 g/mol. The number of aliphatic hydroxyl groups excluding tert-OH is 1. The van der Waals surface area contributed by atoms with Gasteiger partial charge in [-0.3, -0.25) is 14.4 Å². The second-order valence-electron chi connectivity index (χ2n) is 9.46. The second kappa shape index (κ2) is 10.4. The smallest absolute Gasteiger partial charge is 0.262 e. The maximum atomic E-state index is 15.0. The van der Waals surface area contributed by atoms with Gasteiger partial charge in [0.25, 0.3) is 11.5 Å².